The number of aryl methyl sites for hydroxylation is 1. The maximum atomic E-state index is 11.7. The minimum atomic E-state index is -3.29. The van der Waals surface area contributed by atoms with E-state index in [0.29, 0.717) is 4.88 Å². The maximum absolute atomic E-state index is 11.7. The van der Waals surface area contributed by atoms with Gasteiger partial charge in [-0.3, -0.25) is 4.79 Å². The van der Waals surface area contributed by atoms with Crippen molar-refractivity contribution in [3.05, 3.63) is 21.9 Å². The van der Waals surface area contributed by atoms with Gasteiger partial charge in [0.05, 0.1) is 10.1 Å². The van der Waals surface area contributed by atoms with Gasteiger partial charge in [0.25, 0.3) is 0 Å². The van der Waals surface area contributed by atoms with Gasteiger partial charge in [-0.25, -0.2) is 8.42 Å². The van der Waals surface area contributed by atoms with Crippen molar-refractivity contribution in [1.29, 1.82) is 0 Å². The maximum Gasteiger partial charge on any atom is 0.187 e. The average Bonchev–Trinajstić information content (AvgIpc) is 2.64. The fourth-order valence-electron chi connectivity index (χ4n) is 1.14. The van der Waals surface area contributed by atoms with Gasteiger partial charge >= 0.3 is 0 Å². The second-order valence-corrected chi connectivity index (χ2v) is 7.62. The lowest BCUT2D eigenvalue weighted by Gasteiger charge is -2.05. The van der Waals surface area contributed by atoms with E-state index in [1.165, 1.54) is 11.3 Å². The van der Waals surface area contributed by atoms with Gasteiger partial charge in [-0.05, 0) is 32.4 Å². The van der Waals surface area contributed by atoms with Gasteiger partial charge < -0.3 is 0 Å². The van der Waals surface area contributed by atoms with E-state index in [2.05, 4.69) is 0 Å². The van der Waals surface area contributed by atoms with Crippen LogP contribution < -0.4 is 0 Å². The van der Waals surface area contributed by atoms with Crippen molar-refractivity contribution in [2.75, 3.05) is 5.75 Å². The Kier molecular flexibility index (Phi) is 4.27. The van der Waals surface area contributed by atoms with Gasteiger partial charge in [0.2, 0.25) is 0 Å². The van der Waals surface area contributed by atoms with Crippen molar-refractivity contribution in [3.8, 4) is 0 Å². The molecule has 1 heterocycles. The van der Waals surface area contributed by atoms with Crippen LogP contribution in [0.2, 0.25) is 0 Å². The highest BCUT2D eigenvalue weighted by molar-refractivity contribution is 7.92. The third kappa shape index (κ3) is 3.15. The van der Waals surface area contributed by atoms with E-state index in [9.17, 15) is 13.2 Å². The Morgan fingerprint density at radius 1 is 1.38 bits per heavy atom. The first-order valence-corrected chi connectivity index (χ1v) is 7.73. The molecule has 0 saturated heterocycles. The lowest BCUT2D eigenvalue weighted by atomic mass is 10.3. The summed E-state index contributed by atoms with van der Waals surface area (Å²) in [4.78, 5) is 13.4. The summed E-state index contributed by atoms with van der Waals surface area (Å²) < 4.78 is 23.1. The van der Waals surface area contributed by atoms with Crippen molar-refractivity contribution in [2.24, 2.45) is 0 Å². The van der Waals surface area contributed by atoms with Gasteiger partial charge in [0, 0.05) is 4.88 Å². The van der Waals surface area contributed by atoms with E-state index in [-0.39, 0.29) is 11.5 Å². The van der Waals surface area contributed by atoms with Crippen molar-refractivity contribution >= 4 is 27.0 Å². The Labute approximate surface area is 100 Å². The smallest absolute Gasteiger partial charge is 0.187 e. The number of thiophene rings is 1. The minimum Gasteiger partial charge on any atom is -0.292 e. The largest absolute Gasteiger partial charge is 0.292 e. The summed E-state index contributed by atoms with van der Waals surface area (Å²) in [6.07, 6.45) is 0.870. The van der Waals surface area contributed by atoms with Crippen LogP contribution in [0.15, 0.2) is 12.1 Å². The molecule has 0 bridgehead atoms. The first-order valence-electron chi connectivity index (χ1n) is 5.20. The predicted octanol–water partition coefficient (Wildman–Crippen LogP) is 2.32. The van der Waals surface area contributed by atoms with E-state index in [1.807, 2.05) is 13.0 Å². The highest BCUT2D eigenvalue weighted by atomic mass is 32.2. The summed E-state index contributed by atoms with van der Waals surface area (Å²) in [5.74, 6) is -0.674. The summed E-state index contributed by atoms with van der Waals surface area (Å²) >= 11 is 1.38. The van der Waals surface area contributed by atoms with Crippen molar-refractivity contribution in [1.82, 2.24) is 0 Å². The number of hydrogen-bond acceptors (Lipinski definition) is 4. The average molecular weight is 260 g/mol. The molecule has 0 spiro atoms. The molecule has 0 N–H and O–H groups in total. The number of rotatable bonds is 5. The Bertz CT molecular complexity index is 469. The van der Waals surface area contributed by atoms with Crippen LogP contribution in [0.5, 0.6) is 0 Å². The van der Waals surface area contributed by atoms with E-state index in [1.54, 1.807) is 19.9 Å². The lowest BCUT2D eigenvalue weighted by molar-refractivity contribution is 0.102. The monoisotopic (exact) mass is 260 g/mol. The van der Waals surface area contributed by atoms with Crippen LogP contribution in [0.25, 0.3) is 0 Å². The molecule has 0 atom stereocenters. The fourth-order valence-corrected chi connectivity index (χ4v) is 2.97. The number of carbonyl (C=O) groups is 1. The third-order valence-electron chi connectivity index (χ3n) is 2.34. The van der Waals surface area contributed by atoms with Crippen LogP contribution in [0.1, 0.15) is 35.3 Å². The first kappa shape index (κ1) is 13.4. The molecule has 0 aliphatic carbocycles. The van der Waals surface area contributed by atoms with Gasteiger partial charge in [0.15, 0.2) is 15.6 Å². The molecule has 0 aliphatic rings. The number of ketones is 1. The molecular weight excluding hydrogens is 244 g/mol. The minimum absolute atomic E-state index is 0.293. The van der Waals surface area contributed by atoms with E-state index in [0.717, 1.165) is 11.3 Å². The second-order valence-electron chi connectivity index (χ2n) is 3.90. The Morgan fingerprint density at radius 2 is 2.00 bits per heavy atom. The molecular formula is C11H16O3S2. The third-order valence-corrected chi connectivity index (χ3v) is 5.71. The normalized spacial score (nSPS) is 12.0. The Morgan fingerprint density at radius 3 is 2.44 bits per heavy atom. The molecule has 3 nitrogen and oxygen atoms in total. The summed E-state index contributed by atoms with van der Waals surface area (Å²) in [5, 5.41) is -0.498. The first-order chi connectivity index (χ1) is 7.36. The summed E-state index contributed by atoms with van der Waals surface area (Å²) in [5.41, 5.74) is 0. The molecule has 90 valence electrons. The Hall–Kier alpha value is -0.680. The van der Waals surface area contributed by atoms with Crippen LogP contribution in [0.3, 0.4) is 0 Å². The van der Waals surface area contributed by atoms with Crippen LogP contribution in [0.4, 0.5) is 0 Å². The summed E-state index contributed by atoms with van der Waals surface area (Å²) in [6, 6.07) is 3.58. The molecule has 0 aromatic carbocycles. The molecule has 0 unspecified atom stereocenters. The predicted molar refractivity (Wildman–Crippen MR) is 67.0 cm³/mol. The van der Waals surface area contributed by atoms with Gasteiger partial charge in [-0.2, -0.15) is 0 Å². The second kappa shape index (κ2) is 5.10. The van der Waals surface area contributed by atoms with Crippen LogP contribution in [0, 0.1) is 0 Å². The zero-order chi connectivity index (χ0) is 12.3. The van der Waals surface area contributed by atoms with Gasteiger partial charge in [-0.15, -0.1) is 11.3 Å². The van der Waals surface area contributed by atoms with Gasteiger partial charge in [-0.1, -0.05) is 6.92 Å². The topological polar surface area (TPSA) is 51.2 Å². The summed E-state index contributed by atoms with van der Waals surface area (Å²) in [7, 11) is -3.29. The SMILES string of the molecule is CCc1ccc(C(=O)CS(=O)(=O)C(C)C)s1. The van der Waals surface area contributed by atoms with Crippen LogP contribution in [-0.2, 0) is 16.3 Å². The van der Waals surface area contributed by atoms with Crippen molar-refractivity contribution < 1.29 is 13.2 Å². The highest BCUT2D eigenvalue weighted by Gasteiger charge is 2.22. The highest BCUT2D eigenvalue weighted by Crippen LogP contribution is 2.18. The van der Waals surface area contributed by atoms with Gasteiger partial charge in [0.1, 0.15) is 5.75 Å². The molecule has 5 heteroatoms. The molecule has 0 aliphatic heterocycles. The zero-order valence-corrected chi connectivity index (χ0v) is 11.3. The summed E-state index contributed by atoms with van der Waals surface area (Å²) in [6.45, 7) is 5.19. The standard InChI is InChI=1S/C11H16O3S2/c1-4-9-5-6-11(15-9)10(12)7-16(13,14)8(2)3/h5-6,8H,4,7H2,1-3H3. The van der Waals surface area contributed by atoms with Crippen molar-refractivity contribution in [3.63, 3.8) is 0 Å². The van der Waals surface area contributed by atoms with Crippen LogP contribution in [-0.4, -0.2) is 25.2 Å². The van der Waals surface area contributed by atoms with E-state index in [4.69, 9.17) is 0 Å². The number of Topliss-reactive ketones (excluding diaryl/α,β-unsaturated/α-hetero) is 1. The number of sulfone groups is 1. The lowest BCUT2D eigenvalue weighted by Crippen LogP contribution is -2.23. The fraction of sp³-hybridized carbons (Fsp3) is 0.545. The molecule has 1 aromatic rings. The molecule has 1 rings (SSSR count). The van der Waals surface area contributed by atoms with Crippen molar-refractivity contribution in [2.45, 2.75) is 32.4 Å². The molecule has 0 amide bonds. The quantitative estimate of drug-likeness (QED) is 0.763. The molecule has 1 aromatic heterocycles. The van der Waals surface area contributed by atoms with Crippen LogP contribution >= 0.6 is 11.3 Å². The number of carbonyl (C=O) groups excluding carboxylic acids is 1. The van der Waals surface area contributed by atoms with E-state index >= 15 is 0 Å². The van der Waals surface area contributed by atoms with E-state index < -0.39 is 15.1 Å². The zero-order valence-electron chi connectivity index (χ0n) is 9.69. The Balaban J connectivity index is 2.81. The molecule has 0 radical (unpaired) electrons. The number of hydrogen-bond donors (Lipinski definition) is 0. The molecule has 16 heavy (non-hydrogen) atoms. The molecule has 0 fully saturated rings. The molecule has 0 saturated carbocycles.